The third-order valence-electron chi connectivity index (χ3n) is 2.30. The number of carbonyl (C=O) groups is 1. The molecule has 5 heteroatoms. The van der Waals surface area contributed by atoms with Gasteiger partial charge in [-0.05, 0) is 12.8 Å². The van der Waals surface area contributed by atoms with Crippen molar-refractivity contribution in [3.05, 3.63) is 0 Å². The lowest BCUT2D eigenvalue weighted by atomic mass is 10.2. The molecule has 0 aliphatic heterocycles. The first-order chi connectivity index (χ1) is 6.03. The van der Waals surface area contributed by atoms with E-state index in [1.807, 2.05) is 0 Å². The molecular weight excluding hydrogens is 192 g/mol. The average molecular weight is 206 g/mol. The Hall–Kier alpha value is -0.420. The first-order valence-corrected chi connectivity index (χ1v) is 6.10. The van der Waals surface area contributed by atoms with Gasteiger partial charge in [0, 0.05) is 11.7 Å². The molecule has 0 heterocycles. The van der Waals surface area contributed by atoms with Gasteiger partial charge in [0.1, 0.15) is 5.25 Å². The standard InChI is InChI=1S/C8H14O4S/c1-2-13(11,12)7(5-9)8(10)6-3-4-6/h6-7,9H,2-5H2,1H3. The summed E-state index contributed by atoms with van der Waals surface area (Å²) in [6.45, 7) is 0.906. The molecule has 13 heavy (non-hydrogen) atoms. The summed E-state index contributed by atoms with van der Waals surface area (Å²) in [6, 6.07) is 0. The summed E-state index contributed by atoms with van der Waals surface area (Å²) >= 11 is 0. The van der Waals surface area contributed by atoms with E-state index in [0.717, 1.165) is 12.8 Å². The molecule has 1 N–H and O–H groups in total. The molecule has 1 aliphatic carbocycles. The maximum atomic E-state index is 11.4. The number of hydrogen-bond acceptors (Lipinski definition) is 4. The zero-order valence-electron chi connectivity index (χ0n) is 7.56. The quantitative estimate of drug-likeness (QED) is 0.674. The largest absolute Gasteiger partial charge is 0.395 e. The van der Waals surface area contributed by atoms with Gasteiger partial charge in [-0.25, -0.2) is 8.42 Å². The van der Waals surface area contributed by atoms with Crippen molar-refractivity contribution in [2.45, 2.75) is 25.0 Å². The van der Waals surface area contributed by atoms with Gasteiger partial charge in [-0.15, -0.1) is 0 Å². The van der Waals surface area contributed by atoms with Gasteiger partial charge in [-0.2, -0.15) is 0 Å². The first-order valence-electron chi connectivity index (χ1n) is 4.39. The van der Waals surface area contributed by atoms with E-state index >= 15 is 0 Å². The van der Waals surface area contributed by atoms with Gasteiger partial charge in [0.25, 0.3) is 0 Å². The molecule has 4 nitrogen and oxygen atoms in total. The molecule has 0 bridgehead atoms. The van der Waals surface area contributed by atoms with Crippen molar-refractivity contribution in [2.24, 2.45) is 5.92 Å². The van der Waals surface area contributed by atoms with E-state index < -0.39 is 21.7 Å². The zero-order chi connectivity index (χ0) is 10.1. The Bertz CT molecular complexity index is 289. The van der Waals surface area contributed by atoms with Crippen molar-refractivity contribution in [1.29, 1.82) is 0 Å². The smallest absolute Gasteiger partial charge is 0.162 e. The van der Waals surface area contributed by atoms with Crippen LogP contribution in [0.5, 0.6) is 0 Å². The predicted molar refractivity (Wildman–Crippen MR) is 48.1 cm³/mol. The molecule has 1 saturated carbocycles. The number of sulfone groups is 1. The van der Waals surface area contributed by atoms with Crippen molar-refractivity contribution in [1.82, 2.24) is 0 Å². The fourth-order valence-corrected chi connectivity index (χ4v) is 2.39. The van der Waals surface area contributed by atoms with E-state index in [-0.39, 0.29) is 17.5 Å². The lowest BCUT2D eigenvalue weighted by Gasteiger charge is -2.11. The molecule has 0 spiro atoms. The topological polar surface area (TPSA) is 71.4 Å². The molecule has 1 rings (SSSR count). The second kappa shape index (κ2) is 3.75. The molecular formula is C8H14O4S. The van der Waals surface area contributed by atoms with E-state index in [9.17, 15) is 13.2 Å². The van der Waals surface area contributed by atoms with Crippen LogP contribution in [-0.4, -0.2) is 36.9 Å². The summed E-state index contributed by atoms with van der Waals surface area (Å²) in [5.74, 6) is -0.501. The van der Waals surface area contributed by atoms with Crippen LogP contribution in [0.25, 0.3) is 0 Å². The number of aliphatic hydroxyl groups excluding tert-OH is 1. The molecule has 0 saturated heterocycles. The summed E-state index contributed by atoms with van der Waals surface area (Å²) < 4.78 is 22.6. The van der Waals surface area contributed by atoms with Crippen LogP contribution in [0, 0.1) is 5.92 Å². The van der Waals surface area contributed by atoms with Gasteiger partial charge < -0.3 is 5.11 Å². The molecule has 76 valence electrons. The second-order valence-electron chi connectivity index (χ2n) is 3.30. The lowest BCUT2D eigenvalue weighted by molar-refractivity contribution is -0.120. The van der Waals surface area contributed by atoms with Crippen LogP contribution in [0.2, 0.25) is 0 Å². The zero-order valence-corrected chi connectivity index (χ0v) is 8.38. The Morgan fingerprint density at radius 1 is 1.54 bits per heavy atom. The third-order valence-corrected chi connectivity index (χ3v) is 4.35. The summed E-state index contributed by atoms with van der Waals surface area (Å²) in [7, 11) is -3.41. The van der Waals surface area contributed by atoms with E-state index in [1.165, 1.54) is 6.92 Å². The van der Waals surface area contributed by atoms with E-state index in [4.69, 9.17) is 5.11 Å². The van der Waals surface area contributed by atoms with Gasteiger partial charge in [0.2, 0.25) is 0 Å². The molecule has 0 aromatic rings. The Labute approximate surface area is 77.9 Å². The Morgan fingerprint density at radius 3 is 2.38 bits per heavy atom. The second-order valence-corrected chi connectivity index (χ2v) is 5.77. The van der Waals surface area contributed by atoms with Crippen molar-refractivity contribution in [3.8, 4) is 0 Å². The minimum atomic E-state index is -3.41. The van der Waals surface area contributed by atoms with E-state index in [0.29, 0.717) is 0 Å². The fourth-order valence-electron chi connectivity index (χ4n) is 1.21. The maximum Gasteiger partial charge on any atom is 0.162 e. The predicted octanol–water partition coefficient (Wildman–Crippen LogP) is -0.239. The highest BCUT2D eigenvalue weighted by molar-refractivity contribution is 7.92. The molecule has 0 radical (unpaired) electrons. The molecule has 0 aromatic heterocycles. The highest BCUT2D eigenvalue weighted by Crippen LogP contribution is 2.32. The number of hydrogen-bond donors (Lipinski definition) is 1. The van der Waals surface area contributed by atoms with Gasteiger partial charge in [-0.3, -0.25) is 4.79 Å². The normalized spacial score (nSPS) is 19.8. The van der Waals surface area contributed by atoms with Crippen LogP contribution in [0.3, 0.4) is 0 Å². The van der Waals surface area contributed by atoms with Crippen LogP contribution in [0.15, 0.2) is 0 Å². The Kier molecular flexibility index (Phi) is 3.08. The number of aliphatic hydroxyl groups is 1. The first kappa shape index (κ1) is 10.7. The van der Waals surface area contributed by atoms with Crippen LogP contribution in [0.4, 0.5) is 0 Å². The molecule has 1 aliphatic rings. The molecule has 0 amide bonds. The van der Waals surface area contributed by atoms with Crippen LogP contribution in [-0.2, 0) is 14.6 Å². The fraction of sp³-hybridized carbons (Fsp3) is 0.875. The maximum absolute atomic E-state index is 11.4. The molecule has 1 unspecified atom stereocenters. The van der Waals surface area contributed by atoms with Gasteiger partial charge in [-0.1, -0.05) is 6.92 Å². The lowest BCUT2D eigenvalue weighted by Crippen LogP contribution is -2.35. The summed E-state index contributed by atoms with van der Waals surface area (Å²) in [4.78, 5) is 11.4. The highest BCUT2D eigenvalue weighted by atomic mass is 32.2. The summed E-state index contributed by atoms with van der Waals surface area (Å²) in [5, 5.41) is 7.66. The number of ketones is 1. The average Bonchev–Trinajstić information content (AvgIpc) is 2.87. The Morgan fingerprint density at radius 2 is 2.08 bits per heavy atom. The van der Waals surface area contributed by atoms with Crippen molar-refractivity contribution in [3.63, 3.8) is 0 Å². The SMILES string of the molecule is CCS(=O)(=O)C(CO)C(=O)C1CC1. The monoisotopic (exact) mass is 206 g/mol. The number of rotatable bonds is 5. The molecule has 1 atom stereocenters. The van der Waals surface area contributed by atoms with E-state index in [2.05, 4.69) is 0 Å². The summed E-state index contributed by atoms with van der Waals surface area (Å²) in [6.07, 6.45) is 1.54. The Balaban J connectivity index is 2.77. The molecule has 1 fully saturated rings. The number of Topliss-reactive ketones (excluding diaryl/α,β-unsaturated/α-hetero) is 1. The van der Waals surface area contributed by atoms with Crippen molar-refractivity contribution >= 4 is 15.6 Å². The van der Waals surface area contributed by atoms with E-state index in [1.54, 1.807) is 0 Å². The van der Waals surface area contributed by atoms with Crippen molar-refractivity contribution < 1.29 is 18.3 Å². The minimum absolute atomic E-state index is 0.0866. The molecule has 0 aromatic carbocycles. The van der Waals surface area contributed by atoms with Crippen LogP contribution >= 0.6 is 0 Å². The van der Waals surface area contributed by atoms with Crippen molar-refractivity contribution in [2.75, 3.05) is 12.4 Å². The third kappa shape index (κ3) is 2.28. The summed E-state index contributed by atoms with van der Waals surface area (Å²) in [5.41, 5.74) is 0. The van der Waals surface area contributed by atoms with Gasteiger partial charge in [0.15, 0.2) is 15.6 Å². The van der Waals surface area contributed by atoms with Crippen LogP contribution < -0.4 is 0 Å². The van der Waals surface area contributed by atoms with Gasteiger partial charge >= 0.3 is 0 Å². The highest BCUT2D eigenvalue weighted by Gasteiger charge is 2.39. The van der Waals surface area contributed by atoms with Crippen LogP contribution in [0.1, 0.15) is 19.8 Å². The number of carbonyl (C=O) groups excluding carboxylic acids is 1. The van der Waals surface area contributed by atoms with Gasteiger partial charge in [0.05, 0.1) is 6.61 Å². The minimum Gasteiger partial charge on any atom is -0.395 e.